The van der Waals surface area contributed by atoms with Crippen molar-refractivity contribution >= 4 is 28.3 Å². The van der Waals surface area contributed by atoms with E-state index in [0.29, 0.717) is 25.2 Å². The van der Waals surface area contributed by atoms with Gasteiger partial charge in [0.15, 0.2) is 0 Å². The molecule has 7 nitrogen and oxygen atoms in total. The highest BCUT2D eigenvalue weighted by Gasteiger charge is 2.35. The average molecular weight is 406 g/mol. The predicted molar refractivity (Wildman–Crippen MR) is 103 cm³/mol. The van der Waals surface area contributed by atoms with E-state index in [1.54, 1.807) is 24.8 Å². The maximum Gasteiger partial charge on any atom is 0.253 e. The number of nitrogens with zero attached hydrogens (tertiary/aromatic N) is 1. The van der Waals surface area contributed by atoms with Crippen LogP contribution in [0.2, 0.25) is 0 Å². The third-order valence-electron chi connectivity index (χ3n) is 4.43. The van der Waals surface area contributed by atoms with Crippen LogP contribution in [-0.4, -0.2) is 52.0 Å². The summed E-state index contributed by atoms with van der Waals surface area (Å²) in [5.41, 5.74) is 6.03. The Morgan fingerprint density at radius 2 is 2.08 bits per heavy atom. The van der Waals surface area contributed by atoms with Gasteiger partial charge in [-0.3, -0.25) is 4.79 Å². The highest BCUT2D eigenvalue weighted by molar-refractivity contribution is 7.89. The normalized spacial score (nSPS) is 20.2. The second-order valence-electron chi connectivity index (χ2n) is 7.13. The first-order valence-electron chi connectivity index (χ1n) is 8.31. The number of rotatable bonds is 6. The van der Waals surface area contributed by atoms with Crippen molar-refractivity contribution in [3.8, 4) is 5.75 Å². The molecular formula is C17H28ClN3O4S. The molecule has 1 aromatic carbocycles. The molecule has 0 saturated carbocycles. The molecule has 1 aliphatic rings. The van der Waals surface area contributed by atoms with Gasteiger partial charge in [-0.05, 0) is 50.4 Å². The first-order chi connectivity index (χ1) is 11.6. The molecule has 1 fully saturated rings. The Kier molecular flexibility index (Phi) is 7.47. The van der Waals surface area contributed by atoms with E-state index in [1.165, 1.54) is 19.2 Å². The molecule has 0 aliphatic carbocycles. The number of nitrogens with two attached hydrogens (primary N) is 1. The summed E-state index contributed by atoms with van der Waals surface area (Å²) in [5.74, 6) is 0.0127. The van der Waals surface area contributed by atoms with Gasteiger partial charge in [0.2, 0.25) is 10.0 Å². The van der Waals surface area contributed by atoms with Gasteiger partial charge >= 0.3 is 0 Å². The molecule has 1 aromatic rings. The molecule has 1 unspecified atom stereocenters. The van der Waals surface area contributed by atoms with Crippen molar-refractivity contribution in [2.75, 3.05) is 26.7 Å². The topological polar surface area (TPSA) is 102 Å². The molecule has 1 heterocycles. The zero-order chi connectivity index (χ0) is 18.8. The van der Waals surface area contributed by atoms with E-state index < -0.39 is 10.0 Å². The van der Waals surface area contributed by atoms with E-state index in [-0.39, 0.29) is 40.4 Å². The largest absolute Gasteiger partial charge is 0.495 e. The maximum absolute atomic E-state index is 12.8. The van der Waals surface area contributed by atoms with E-state index in [4.69, 9.17) is 10.5 Å². The number of halogens is 1. The fourth-order valence-corrected chi connectivity index (χ4v) is 4.39. The van der Waals surface area contributed by atoms with Crippen molar-refractivity contribution in [2.45, 2.75) is 38.1 Å². The summed E-state index contributed by atoms with van der Waals surface area (Å²) in [4.78, 5) is 14.5. The quantitative estimate of drug-likeness (QED) is 0.748. The number of methoxy groups -OCH3 is 1. The van der Waals surface area contributed by atoms with Crippen LogP contribution in [-0.2, 0) is 10.0 Å². The first-order valence-corrected chi connectivity index (χ1v) is 9.80. The van der Waals surface area contributed by atoms with Gasteiger partial charge in [0.05, 0.1) is 7.11 Å². The van der Waals surface area contributed by atoms with Crippen LogP contribution in [0.3, 0.4) is 0 Å². The smallest absolute Gasteiger partial charge is 0.253 e. The van der Waals surface area contributed by atoms with Gasteiger partial charge in [-0.1, -0.05) is 6.92 Å². The molecule has 3 N–H and O–H groups in total. The minimum atomic E-state index is -3.78. The molecule has 0 radical (unpaired) electrons. The van der Waals surface area contributed by atoms with Crippen molar-refractivity contribution in [3.05, 3.63) is 23.8 Å². The summed E-state index contributed by atoms with van der Waals surface area (Å²) in [6.45, 7) is 7.22. The van der Waals surface area contributed by atoms with E-state index >= 15 is 0 Å². The lowest BCUT2D eigenvalue weighted by atomic mass is 9.90. The molecular weight excluding hydrogens is 378 g/mol. The van der Waals surface area contributed by atoms with Gasteiger partial charge in [0.25, 0.3) is 5.91 Å². The second kappa shape index (κ2) is 8.56. The standard InChI is InChI=1S/C17H27N3O4S.ClH/c1-12(2)19-25(22,23)15-9-13(5-6-14(15)24-4)16(21)20-8-7-17(3,10-18)11-20;/h5-6,9,12,19H,7-8,10-11,18H2,1-4H3;1H. The van der Waals surface area contributed by atoms with Crippen molar-refractivity contribution in [2.24, 2.45) is 11.1 Å². The van der Waals surface area contributed by atoms with Crippen LogP contribution in [0.5, 0.6) is 5.75 Å². The van der Waals surface area contributed by atoms with Gasteiger partial charge in [0.1, 0.15) is 10.6 Å². The number of sulfonamides is 1. The van der Waals surface area contributed by atoms with Crippen molar-refractivity contribution < 1.29 is 17.9 Å². The highest BCUT2D eigenvalue weighted by atomic mass is 35.5. The summed E-state index contributed by atoms with van der Waals surface area (Å²) in [5, 5.41) is 0. The number of nitrogens with one attached hydrogen (secondary N) is 1. The number of hydrogen-bond donors (Lipinski definition) is 2. The molecule has 0 aromatic heterocycles. The molecule has 26 heavy (non-hydrogen) atoms. The number of ether oxygens (including phenoxy) is 1. The fraction of sp³-hybridized carbons (Fsp3) is 0.588. The van der Waals surface area contributed by atoms with E-state index in [0.717, 1.165) is 6.42 Å². The summed E-state index contributed by atoms with van der Waals surface area (Å²) in [7, 11) is -2.37. The summed E-state index contributed by atoms with van der Waals surface area (Å²) >= 11 is 0. The third-order valence-corrected chi connectivity index (χ3v) is 6.11. The summed E-state index contributed by atoms with van der Waals surface area (Å²) in [6, 6.07) is 4.22. The van der Waals surface area contributed by atoms with Crippen LogP contribution in [0.4, 0.5) is 0 Å². The minimum Gasteiger partial charge on any atom is -0.495 e. The third kappa shape index (κ3) is 4.88. The maximum atomic E-state index is 12.8. The summed E-state index contributed by atoms with van der Waals surface area (Å²) < 4.78 is 32.8. The van der Waals surface area contributed by atoms with Crippen LogP contribution in [0.15, 0.2) is 23.1 Å². The Morgan fingerprint density at radius 1 is 1.42 bits per heavy atom. The molecule has 0 spiro atoms. The van der Waals surface area contributed by atoms with Crippen LogP contribution < -0.4 is 15.2 Å². The summed E-state index contributed by atoms with van der Waals surface area (Å²) in [6.07, 6.45) is 0.839. The lowest BCUT2D eigenvalue weighted by Crippen LogP contribution is -2.35. The van der Waals surface area contributed by atoms with Gasteiger partial charge in [-0.2, -0.15) is 0 Å². The zero-order valence-electron chi connectivity index (χ0n) is 15.6. The van der Waals surface area contributed by atoms with Crippen LogP contribution >= 0.6 is 12.4 Å². The molecule has 1 saturated heterocycles. The predicted octanol–water partition coefficient (Wildman–Crippen LogP) is 1.61. The molecule has 2 rings (SSSR count). The van der Waals surface area contributed by atoms with Gasteiger partial charge in [-0.25, -0.2) is 13.1 Å². The lowest BCUT2D eigenvalue weighted by Gasteiger charge is -2.23. The van der Waals surface area contributed by atoms with Crippen LogP contribution in [0.25, 0.3) is 0 Å². The zero-order valence-corrected chi connectivity index (χ0v) is 17.2. The number of carbonyl (C=O) groups excluding carboxylic acids is 1. The van der Waals surface area contributed by atoms with E-state index in [1.807, 2.05) is 0 Å². The Hall–Kier alpha value is -1.35. The van der Waals surface area contributed by atoms with Crippen molar-refractivity contribution in [1.29, 1.82) is 0 Å². The average Bonchev–Trinajstić information content (AvgIpc) is 2.95. The lowest BCUT2D eigenvalue weighted by molar-refractivity contribution is 0.0776. The monoisotopic (exact) mass is 405 g/mol. The van der Waals surface area contributed by atoms with Crippen molar-refractivity contribution in [1.82, 2.24) is 9.62 Å². The second-order valence-corrected chi connectivity index (χ2v) is 8.82. The Labute approximate surface area is 161 Å². The van der Waals surface area contributed by atoms with Gasteiger partial charge < -0.3 is 15.4 Å². The number of likely N-dealkylation sites (tertiary alicyclic amines) is 1. The SMILES string of the molecule is COc1ccc(C(=O)N2CCC(C)(CN)C2)cc1S(=O)(=O)NC(C)C.Cl. The number of hydrogen-bond acceptors (Lipinski definition) is 5. The van der Waals surface area contributed by atoms with Gasteiger partial charge in [-0.15, -0.1) is 12.4 Å². The molecule has 9 heteroatoms. The number of amides is 1. The first kappa shape index (κ1) is 22.7. The molecule has 1 aliphatic heterocycles. The van der Waals surface area contributed by atoms with Gasteiger partial charge in [0, 0.05) is 24.7 Å². The Balaban J connectivity index is 0.00000338. The minimum absolute atomic E-state index is 0. The van der Waals surface area contributed by atoms with E-state index in [9.17, 15) is 13.2 Å². The molecule has 1 atom stereocenters. The highest BCUT2D eigenvalue weighted by Crippen LogP contribution is 2.31. The van der Waals surface area contributed by atoms with Crippen molar-refractivity contribution in [3.63, 3.8) is 0 Å². The van der Waals surface area contributed by atoms with Crippen LogP contribution in [0.1, 0.15) is 37.6 Å². The number of carbonyl (C=O) groups is 1. The fourth-order valence-electron chi connectivity index (χ4n) is 2.94. The number of benzene rings is 1. The Morgan fingerprint density at radius 3 is 2.58 bits per heavy atom. The van der Waals surface area contributed by atoms with Crippen LogP contribution in [0, 0.1) is 5.41 Å². The molecule has 1 amide bonds. The molecule has 0 bridgehead atoms. The molecule has 148 valence electrons. The van der Waals surface area contributed by atoms with E-state index in [2.05, 4.69) is 11.6 Å². The Bertz CT molecular complexity index is 754.